The summed E-state index contributed by atoms with van der Waals surface area (Å²) in [7, 11) is 1.40. The summed E-state index contributed by atoms with van der Waals surface area (Å²) in [5.74, 6) is -0.563. The van der Waals surface area contributed by atoms with Crippen molar-refractivity contribution in [1.82, 2.24) is 15.5 Å². The minimum absolute atomic E-state index is 0.0239. The first-order valence-corrected chi connectivity index (χ1v) is 15.6. The van der Waals surface area contributed by atoms with Crippen molar-refractivity contribution >= 4 is 5.97 Å². The molecule has 40 heavy (non-hydrogen) atoms. The van der Waals surface area contributed by atoms with Crippen molar-refractivity contribution in [2.24, 2.45) is 11.3 Å². The second kappa shape index (κ2) is 14.4. The SMILES string of the molecule is COc1c(F)cc(C(C)C)cc1C(C(=O)O)N1CC[C@@](C)(COCCCCCC[C@@H]2CCC3CCCNC3N2)C1. The van der Waals surface area contributed by atoms with Crippen molar-refractivity contribution in [1.29, 1.82) is 0 Å². The van der Waals surface area contributed by atoms with Gasteiger partial charge in [0.1, 0.15) is 6.04 Å². The third kappa shape index (κ3) is 7.96. The van der Waals surface area contributed by atoms with Gasteiger partial charge in [-0.3, -0.25) is 15.0 Å². The summed E-state index contributed by atoms with van der Waals surface area (Å²) in [5, 5.41) is 17.7. The van der Waals surface area contributed by atoms with E-state index in [1.54, 1.807) is 6.07 Å². The number of carbonyl (C=O) groups is 1. The van der Waals surface area contributed by atoms with Gasteiger partial charge in [-0.25, -0.2) is 4.39 Å². The van der Waals surface area contributed by atoms with Crippen molar-refractivity contribution in [3.05, 3.63) is 29.1 Å². The van der Waals surface area contributed by atoms with Gasteiger partial charge in [0.2, 0.25) is 0 Å². The summed E-state index contributed by atoms with van der Waals surface area (Å²) in [5.41, 5.74) is 1.03. The molecule has 0 radical (unpaired) electrons. The van der Waals surface area contributed by atoms with Crippen LogP contribution >= 0.6 is 0 Å². The molecule has 1 aromatic rings. The topological polar surface area (TPSA) is 83.1 Å². The zero-order valence-electron chi connectivity index (χ0n) is 25.1. The maximum atomic E-state index is 14.8. The van der Waals surface area contributed by atoms with Gasteiger partial charge in [0.05, 0.1) is 19.9 Å². The molecule has 3 heterocycles. The Balaban J connectivity index is 1.18. The fraction of sp³-hybridized carbons (Fsp3) is 0.781. The maximum absolute atomic E-state index is 14.8. The Hall–Kier alpha value is -1.74. The molecule has 7 nitrogen and oxygen atoms in total. The first kappa shape index (κ1) is 31.2. The van der Waals surface area contributed by atoms with E-state index in [0.29, 0.717) is 37.5 Å². The van der Waals surface area contributed by atoms with Crippen molar-refractivity contribution in [3.63, 3.8) is 0 Å². The molecular formula is C32H52FN3O4. The zero-order valence-corrected chi connectivity index (χ0v) is 25.1. The summed E-state index contributed by atoms with van der Waals surface area (Å²) >= 11 is 0. The van der Waals surface area contributed by atoms with E-state index in [1.807, 2.05) is 18.7 Å². The molecule has 5 atom stereocenters. The summed E-state index contributed by atoms with van der Waals surface area (Å²) in [6.45, 7) is 9.82. The third-order valence-corrected chi connectivity index (χ3v) is 9.38. The average molecular weight is 562 g/mol. The van der Waals surface area contributed by atoms with Gasteiger partial charge in [-0.2, -0.15) is 0 Å². The fourth-order valence-corrected chi connectivity index (χ4v) is 6.98. The molecule has 8 heteroatoms. The lowest BCUT2D eigenvalue weighted by Gasteiger charge is -2.41. The van der Waals surface area contributed by atoms with Gasteiger partial charge in [-0.1, -0.05) is 40.0 Å². The Kier molecular flexibility index (Phi) is 11.3. The number of aliphatic carboxylic acids is 1. The average Bonchev–Trinajstić information content (AvgIpc) is 3.30. The van der Waals surface area contributed by atoms with Crippen LogP contribution in [0.5, 0.6) is 5.75 Å². The van der Waals surface area contributed by atoms with Crippen LogP contribution in [0.3, 0.4) is 0 Å². The van der Waals surface area contributed by atoms with Crippen LogP contribution < -0.4 is 15.4 Å². The molecule has 3 aliphatic rings. The van der Waals surface area contributed by atoms with E-state index in [0.717, 1.165) is 37.5 Å². The summed E-state index contributed by atoms with van der Waals surface area (Å²) in [6, 6.07) is 2.95. The van der Waals surface area contributed by atoms with Crippen molar-refractivity contribution < 1.29 is 23.8 Å². The first-order chi connectivity index (χ1) is 19.2. The van der Waals surface area contributed by atoms with Crippen LogP contribution in [-0.2, 0) is 9.53 Å². The molecule has 3 aliphatic heterocycles. The number of fused-ring (bicyclic) bond motifs is 1. The molecule has 0 aliphatic carbocycles. The molecule has 0 bridgehead atoms. The van der Waals surface area contributed by atoms with Crippen LogP contribution in [0.4, 0.5) is 4.39 Å². The second-order valence-corrected chi connectivity index (χ2v) is 13.1. The van der Waals surface area contributed by atoms with Gasteiger partial charge in [0, 0.05) is 30.2 Å². The lowest BCUT2D eigenvalue weighted by atomic mass is 9.84. The van der Waals surface area contributed by atoms with Crippen LogP contribution in [0.25, 0.3) is 0 Å². The van der Waals surface area contributed by atoms with E-state index in [9.17, 15) is 14.3 Å². The number of hydrogen-bond donors (Lipinski definition) is 3. The minimum atomic E-state index is -0.984. The van der Waals surface area contributed by atoms with E-state index < -0.39 is 17.8 Å². The van der Waals surface area contributed by atoms with Crippen LogP contribution in [0, 0.1) is 17.2 Å². The number of hydrogen-bond acceptors (Lipinski definition) is 6. The fourth-order valence-electron chi connectivity index (χ4n) is 6.98. The van der Waals surface area contributed by atoms with Crippen LogP contribution in [0.15, 0.2) is 12.1 Å². The van der Waals surface area contributed by atoms with E-state index >= 15 is 0 Å². The quantitative estimate of drug-likeness (QED) is 0.246. The van der Waals surface area contributed by atoms with Gasteiger partial charge in [0.15, 0.2) is 11.6 Å². The van der Waals surface area contributed by atoms with Gasteiger partial charge >= 0.3 is 5.97 Å². The number of nitrogens with one attached hydrogen (secondary N) is 2. The summed E-state index contributed by atoms with van der Waals surface area (Å²) < 4.78 is 26.3. The van der Waals surface area contributed by atoms with Crippen LogP contribution in [0.2, 0.25) is 0 Å². The van der Waals surface area contributed by atoms with E-state index in [-0.39, 0.29) is 17.1 Å². The van der Waals surface area contributed by atoms with Crippen LogP contribution in [-0.4, -0.2) is 68.1 Å². The number of methoxy groups -OCH3 is 1. The molecule has 0 saturated carbocycles. The minimum Gasteiger partial charge on any atom is -0.493 e. The third-order valence-electron chi connectivity index (χ3n) is 9.38. The van der Waals surface area contributed by atoms with E-state index in [4.69, 9.17) is 9.47 Å². The highest BCUT2D eigenvalue weighted by atomic mass is 19.1. The highest BCUT2D eigenvalue weighted by molar-refractivity contribution is 5.77. The molecule has 0 aromatic heterocycles. The van der Waals surface area contributed by atoms with Gasteiger partial charge in [-0.15, -0.1) is 0 Å². The van der Waals surface area contributed by atoms with Crippen molar-refractivity contribution in [2.75, 3.05) is 40.0 Å². The number of carboxylic acids is 1. The number of nitrogens with zero attached hydrogens (tertiary/aromatic N) is 1. The number of piperidine rings is 2. The lowest BCUT2D eigenvalue weighted by Crippen LogP contribution is -2.57. The normalized spacial score (nSPS) is 28.0. The maximum Gasteiger partial charge on any atom is 0.325 e. The highest BCUT2D eigenvalue weighted by Crippen LogP contribution is 2.40. The highest BCUT2D eigenvalue weighted by Gasteiger charge is 2.41. The molecule has 4 rings (SSSR count). The number of benzene rings is 1. The Morgan fingerprint density at radius 1 is 1.20 bits per heavy atom. The second-order valence-electron chi connectivity index (χ2n) is 13.1. The standard InChI is InChI=1S/C32H52FN3O4/c1-22(2)24-18-26(29(39-4)27(33)19-24)28(31(37)38)36-16-14-32(3,20-36)21-40-17-8-6-5-7-11-25-13-12-23-10-9-15-34-30(23)35-25/h18-19,22-23,25,28,30,34-35H,5-17,20-21H2,1-4H3,(H,37,38)/t23?,25-,28?,30?,32-/m1/s1. The monoisotopic (exact) mass is 561 g/mol. The number of ether oxygens (including phenoxy) is 2. The van der Waals surface area contributed by atoms with Crippen LogP contribution in [0.1, 0.15) is 108 Å². The van der Waals surface area contributed by atoms with Crippen molar-refractivity contribution in [2.45, 2.75) is 109 Å². The predicted molar refractivity (Wildman–Crippen MR) is 156 cm³/mol. The number of halogens is 1. The Bertz CT molecular complexity index is 976. The molecule has 0 amide bonds. The molecule has 0 spiro atoms. The Morgan fingerprint density at radius 3 is 2.75 bits per heavy atom. The van der Waals surface area contributed by atoms with Crippen molar-refractivity contribution in [3.8, 4) is 5.75 Å². The molecular weight excluding hydrogens is 509 g/mol. The molecule has 3 N–H and O–H groups in total. The molecule has 3 fully saturated rings. The number of carboxylic acid groups (broad SMARTS) is 1. The Labute approximate surface area is 240 Å². The van der Waals surface area contributed by atoms with Gasteiger partial charge in [0.25, 0.3) is 0 Å². The van der Waals surface area contributed by atoms with Gasteiger partial charge in [-0.05, 0) is 87.6 Å². The molecule has 226 valence electrons. The predicted octanol–water partition coefficient (Wildman–Crippen LogP) is 5.84. The summed E-state index contributed by atoms with van der Waals surface area (Å²) in [6.07, 6.45) is 12.7. The largest absolute Gasteiger partial charge is 0.493 e. The number of likely N-dealkylation sites (tertiary alicyclic amines) is 1. The number of unbranched alkanes of at least 4 members (excludes halogenated alkanes) is 3. The summed E-state index contributed by atoms with van der Waals surface area (Å²) in [4.78, 5) is 14.4. The smallest absolute Gasteiger partial charge is 0.325 e. The van der Waals surface area contributed by atoms with E-state index in [2.05, 4.69) is 17.6 Å². The molecule has 1 aromatic carbocycles. The lowest BCUT2D eigenvalue weighted by molar-refractivity contribution is -0.143. The Morgan fingerprint density at radius 2 is 2.00 bits per heavy atom. The van der Waals surface area contributed by atoms with E-state index in [1.165, 1.54) is 64.5 Å². The molecule has 3 saturated heterocycles. The first-order valence-electron chi connectivity index (χ1n) is 15.6. The zero-order chi connectivity index (χ0) is 28.7. The molecule has 3 unspecified atom stereocenters. The van der Waals surface area contributed by atoms with Gasteiger partial charge < -0.3 is 19.9 Å². The number of rotatable bonds is 14.